The van der Waals surface area contributed by atoms with E-state index in [0.29, 0.717) is 6.07 Å². The molecular formula is C13H9BrF3NO2S. The molecule has 8 heteroatoms. The predicted molar refractivity (Wildman–Crippen MR) is 76.4 cm³/mol. The molecule has 21 heavy (non-hydrogen) atoms. The van der Waals surface area contributed by atoms with Gasteiger partial charge in [0, 0.05) is 10.2 Å². The van der Waals surface area contributed by atoms with Crippen LogP contribution in [0.15, 0.2) is 57.9 Å². The van der Waals surface area contributed by atoms with Crippen LogP contribution in [-0.4, -0.2) is 8.42 Å². The van der Waals surface area contributed by atoms with Crippen molar-refractivity contribution in [3.8, 4) is 0 Å². The molecule has 2 aromatic rings. The summed E-state index contributed by atoms with van der Waals surface area (Å²) in [4.78, 5) is -0.457. The van der Waals surface area contributed by atoms with Crippen molar-refractivity contribution in [1.82, 2.24) is 0 Å². The molecule has 112 valence electrons. The van der Waals surface area contributed by atoms with Gasteiger partial charge in [0.1, 0.15) is 0 Å². The van der Waals surface area contributed by atoms with E-state index in [-0.39, 0.29) is 10.2 Å². The van der Waals surface area contributed by atoms with Crippen LogP contribution in [0.1, 0.15) is 5.56 Å². The number of para-hydroxylation sites is 1. The summed E-state index contributed by atoms with van der Waals surface area (Å²) in [6, 6.07) is 10.7. The number of hydrogen-bond acceptors (Lipinski definition) is 2. The fraction of sp³-hybridized carbons (Fsp3) is 0.0769. The third-order valence-electron chi connectivity index (χ3n) is 2.58. The molecule has 0 amide bonds. The zero-order chi connectivity index (χ0) is 15.7. The van der Waals surface area contributed by atoms with E-state index in [9.17, 15) is 21.6 Å². The number of halogens is 4. The first-order valence-electron chi connectivity index (χ1n) is 5.65. The highest BCUT2D eigenvalue weighted by molar-refractivity contribution is 9.10. The first-order valence-corrected chi connectivity index (χ1v) is 7.92. The van der Waals surface area contributed by atoms with E-state index in [4.69, 9.17) is 0 Å². The normalized spacial score (nSPS) is 12.2. The van der Waals surface area contributed by atoms with Gasteiger partial charge >= 0.3 is 6.18 Å². The average Bonchev–Trinajstić information content (AvgIpc) is 2.38. The summed E-state index contributed by atoms with van der Waals surface area (Å²) in [7, 11) is -4.08. The van der Waals surface area contributed by atoms with Crippen LogP contribution in [0.2, 0.25) is 0 Å². The van der Waals surface area contributed by atoms with Gasteiger partial charge in [-0.15, -0.1) is 0 Å². The van der Waals surface area contributed by atoms with Crippen molar-refractivity contribution in [2.45, 2.75) is 11.1 Å². The lowest BCUT2D eigenvalue weighted by Gasteiger charge is -2.12. The number of sulfonamides is 1. The molecule has 0 aliphatic heterocycles. The van der Waals surface area contributed by atoms with Crippen LogP contribution in [0.5, 0.6) is 0 Å². The Kier molecular flexibility index (Phi) is 4.29. The third kappa shape index (κ3) is 3.76. The third-order valence-corrected chi connectivity index (χ3v) is 4.65. The van der Waals surface area contributed by atoms with Crippen LogP contribution in [0, 0.1) is 0 Å². The molecule has 0 aromatic heterocycles. The first-order chi connectivity index (χ1) is 9.70. The van der Waals surface area contributed by atoms with Crippen molar-refractivity contribution in [3.63, 3.8) is 0 Å². The Labute approximate surface area is 128 Å². The maximum Gasteiger partial charge on any atom is 0.417 e. The molecule has 0 atom stereocenters. The van der Waals surface area contributed by atoms with Crippen LogP contribution in [0.4, 0.5) is 18.9 Å². The maximum absolute atomic E-state index is 12.8. The fourth-order valence-corrected chi connectivity index (χ4v) is 3.16. The molecule has 0 bridgehead atoms. The zero-order valence-corrected chi connectivity index (χ0v) is 12.8. The Morgan fingerprint density at radius 2 is 1.62 bits per heavy atom. The topological polar surface area (TPSA) is 46.2 Å². The van der Waals surface area contributed by atoms with Crippen LogP contribution < -0.4 is 4.72 Å². The Morgan fingerprint density at radius 1 is 1.00 bits per heavy atom. The predicted octanol–water partition coefficient (Wildman–Crippen LogP) is 4.27. The van der Waals surface area contributed by atoms with Gasteiger partial charge in [0.2, 0.25) is 0 Å². The monoisotopic (exact) mass is 379 g/mol. The van der Waals surface area contributed by atoms with E-state index in [0.717, 1.165) is 12.1 Å². The van der Waals surface area contributed by atoms with E-state index < -0.39 is 26.7 Å². The number of alkyl halides is 3. The highest BCUT2D eigenvalue weighted by Crippen LogP contribution is 2.36. The molecule has 0 radical (unpaired) electrons. The molecule has 0 fully saturated rings. The van der Waals surface area contributed by atoms with Crippen LogP contribution >= 0.6 is 15.9 Å². The molecule has 2 rings (SSSR count). The van der Waals surface area contributed by atoms with Crippen molar-refractivity contribution in [2.75, 3.05) is 4.72 Å². The van der Waals surface area contributed by atoms with Crippen LogP contribution in [-0.2, 0) is 16.2 Å². The Hall–Kier alpha value is -1.54. The second kappa shape index (κ2) is 5.69. The quantitative estimate of drug-likeness (QED) is 0.865. The smallest absolute Gasteiger partial charge is 0.280 e. The van der Waals surface area contributed by atoms with E-state index in [1.54, 1.807) is 18.2 Å². The molecule has 0 saturated heterocycles. The minimum absolute atomic E-state index is 0.214. The van der Waals surface area contributed by atoms with Gasteiger partial charge in [0.25, 0.3) is 10.0 Å². The standard InChI is InChI=1S/C13H9BrF3NO2S/c14-12-7-6-10(8-11(12)13(15,16)17)21(19,20)18-9-4-2-1-3-5-9/h1-8,18H. The molecule has 0 aliphatic carbocycles. The van der Waals surface area contributed by atoms with E-state index in [2.05, 4.69) is 20.7 Å². The minimum atomic E-state index is -4.64. The van der Waals surface area contributed by atoms with Crippen molar-refractivity contribution in [1.29, 1.82) is 0 Å². The maximum atomic E-state index is 12.8. The Balaban J connectivity index is 2.42. The van der Waals surface area contributed by atoms with Gasteiger partial charge in [-0.3, -0.25) is 4.72 Å². The van der Waals surface area contributed by atoms with E-state index >= 15 is 0 Å². The summed E-state index contributed by atoms with van der Waals surface area (Å²) in [5, 5.41) is 0. The molecule has 2 aromatic carbocycles. The lowest BCUT2D eigenvalue weighted by molar-refractivity contribution is -0.138. The lowest BCUT2D eigenvalue weighted by Crippen LogP contribution is -2.15. The zero-order valence-electron chi connectivity index (χ0n) is 10.4. The number of nitrogens with one attached hydrogen (secondary N) is 1. The fourth-order valence-electron chi connectivity index (χ4n) is 1.61. The summed E-state index contributed by atoms with van der Waals surface area (Å²) in [6.07, 6.45) is -4.64. The summed E-state index contributed by atoms with van der Waals surface area (Å²) in [5.74, 6) is 0. The number of benzene rings is 2. The number of anilines is 1. The van der Waals surface area contributed by atoms with Gasteiger partial charge < -0.3 is 0 Å². The first kappa shape index (κ1) is 15.8. The van der Waals surface area contributed by atoms with Crippen molar-refractivity contribution >= 4 is 31.6 Å². The Bertz CT molecular complexity index is 746. The SMILES string of the molecule is O=S(=O)(Nc1ccccc1)c1ccc(Br)c(C(F)(F)F)c1. The minimum Gasteiger partial charge on any atom is -0.280 e. The van der Waals surface area contributed by atoms with Crippen molar-refractivity contribution in [3.05, 3.63) is 58.6 Å². The second-order valence-electron chi connectivity index (χ2n) is 4.11. The Morgan fingerprint density at radius 3 is 2.19 bits per heavy atom. The molecule has 3 nitrogen and oxygen atoms in total. The molecule has 0 spiro atoms. The number of rotatable bonds is 3. The molecule has 0 heterocycles. The summed E-state index contributed by atoms with van der Waals surface area (Å²) in [5.41, 5.74) is -0.771. The van der Waals surface area contributed by atoms with Crippen molar-refractivity contribution in [2.24, 2.45) is 0 Å². The van der Waals surface area contributed by atoms with Crippen molar-refractivity contribution < 1.29 is 21.6 Å². The number of hydrogen-bond donors (Lipinski definition) is 1. The largest absolute Gasteiger partial charge is 0.417 e. The molecular weight excluding hydrogens is 371 g/mol. The highest BCUT2D eigenvalue weighted by Gasteiger charge is 2.34. The van der Waals surface area contributed by atoms with Gasteiger partial charge in [0.05, 0.1) is 10.5 Å². The van der Waals surface area contributed by atoms with Crippen LogP contribution in [0.3, 0.4) is 0 Å². The van der Waals surface area contributed by atoms with E-state index in [1.165, 1.54) is 12.1 Å². The summed E-state index contributed by atoms with van der Waals surface area (Å²) < 4.78 is 64.6. The van der Waals surface area contributed by atoms with Crippen LogP contribution in [0.25, 0.3) is 0 Å². The van der Waals surface area contributed by atoms with Gasteiger partial charge in [-0.1, -0.05) is 34.1 Å². The second-order valence-corrected chi connectivity index (χ2v) is 6.65. The van der Waals surface area contributed by atoms with Gasteiger partial charge in [0.15, 0.2) is 0 Å². The van der Waals surface area contributed by atoms with Gasteiger partial charge in [-0.25, -0.2) is 8.42 Å². The average molecular weight is 380 g/mol. The summed E-state index contributed by atoms with van der Waals surface area (Å²) in [6.45, 7) is 0. The van der Waals surface area contributed by atoms with Gasteiger partial charge in [-0.2, -0.15) is 13.2 Å². The molecule has 0 saturated carbocycles. The highest BCUT2D eigenvalue weighted by atomic mass is 79.9. The molecule has 0 unspecified atom stereocenters. The lowest BCUT2D eigenvalue weighted by atomic mass is 10.2. The van der Waals surface area contributed by atoms with E-state index in [1.807, 2.05) is 0 Å². The molecule has 1 N–H and O–H groups in total. The summed E-state index contributed by atoms with van der Waals surface area (Å²) >= 11 is 2.76. The van der Waals surface area contributed by atoms with Gasteiger partial charge in [-0.05, 0) is 30.3 Å². The molecule has 0 aliphatic rings.